The number of nitrogens with one attached hydrogen (secondary N) is 1. The minimum absolute atomic E-state index is 0.0277. The van der Waals surface area contributed by atoms with Crippen LogP contribution in [-0.2, 0) is 15.0 Å². The molecule has 41 heavy (non-hydrogen) atoms. The first-order valence-electron chi connectivity index (χ1n) is 12.8. The minimum Gasteiger partial charge on any atom is -0.507 e. The summed E-state index contributed by atoms with van der Waals surface area (Å²) >= 11 is 0. The van der Waals surface area contributed by atoms with Crippen LogP contribution in [0.4, 0.5) is 5.95 Å². The lowest BCUT2D eigenvalue weighted by atomic mass is 9.85. The Hall–Kier alpha value is -5.12. The van der Waals surface area contributed by atoms with Gasteiger partial charge in [0.25, 0.3) is 5.78 Å². The Balaban J connectivity index is 1.75. The highest BCUT2D eigenvalue weighted by atomic mass is 16.5. The van der Waals surface area contributed by atoms with Gasteiger partial charge >= 0.3 is 11.9 Å². The highest BCUT2D eigenvalue weighted by Gasteiger charge is 2.48. The molecule has 1 amide bonds. The number of ether oxygens (including phenoxy) is 2. The molecule has 3 N–H and O–H groups in total. The van der Waals surface area contributed by atoms with Crippen LogP contribution in [0.25, 0.3) is 16.8 Å². The lowest BCUT2D eigenvalue weighted by Crippen LogP contribution is -2.30. The van der Waals surface area contributed by atoms with Crippen LogP contribution < -0.4 is 14.4 Å². The number of aromatic amines is 1. The zero-order valence-electron chi connectivity index (χ0n) is 23.2. The van der Waals surface area contributed by atoms with Crippen molar-refractivity contribution in [2.75, 3.05) is 19.1 Å². The van der Waals surface area contributed by atoms with Crippen molar-refractivity contribution in [2.24, 2.45) is 0 Å². The van der Waals surface area contributed by atoms with Crippen LogP contribution in [0.1, 0.15) is 53.9 Å². The molecule has 0 radical (unpaired) electrons. The molecule has 0 bridgehead atoms. The lowest BCUT2D eigenvalue weighted by molar-refractivity contribution is -0.132. The maximum atomic E-state index is 13.7. The van der Waals surface area contributed by atoms with Gasteiger partial charge < -0.3 is 24.7 Å². The van der Waals surface area contributed by atoms with Crippen molar-refractivity contribution in [1.82, 2.24) is 9.97 Å². The van der Waals surface area contributed by atoms with Crippen LogP contribution in [0, 0.1) is 0 Å². The van der Waals surface area contributed by atoms with Crippen LogP contribution in [0.15, 0.2) is 66.2 Å². The van der Waals surface area contributed by atoms with Gasteiger partial charge in [0.15, 0.2) is 0 Å². The molecule has 10 nitrogen and oxygen atoms in total. The van der Waals surface area contributed by atoms with Crippen LogP contribution >= 0.6 is 0 Å². The smallest absolute Gasteiger partial charge is 0.335 e. The fourth-order valence-electron chi connectivity index (χ4n) is 4.90. The van der Waals surface area contributed by atoms with E-state index in [9.17, 15) is 24.6 Å². The number of fused-ring (bicyclic) bond motifs is 1. The number of aliphatic hydroxyl groups is 1. The van der Waals surface area contributed by atoms with E-state index in [1.54, 1.807) is 36.4 Å². The molecule has 0 aliphatic carbocycles. The zero-order valence-corrected chi connectivity index (χ0v) is 23.2. The number of benzene rings is 3. The second kappa shape index (κ2) is 10.1. The zero-order chi connectivity index (χ0) is 29.6. The molecule has 1 aliphatic rings. The van der Waals surface area contributed by atoms with Gasteiger partial charge in [0.2, 0.25) is 5.95 Å². The number of aromatic carboxylic acids is 1. The lowest BCUT2D eigenvalue weighted by Gasteiger charge is -2.24. The molecule has 4 aromatic rings. The summed E-state index contributed by atoms with van der Waals surface area (Å²) in [6.45, 7) is 6.06. The number of hydrogen-bond donors (Lipinski definition) is 3. The molecule has 0 spiro atoms. The molecule has 210 valence electrons. The van der Waals surface area contributed by atoms with E-state index in [1.165, 1.54) is 37.3 Å². The number of Topliss-reactive ketones (excluding diaryl/α,β-unsaturated/α-hetero) is 1. The predicted molar refractivity (Wildman–Crippen MR) is 153 cm³/mol. The van der Waals surface area contributed by atoms with E-state index in [0.29, 0.717) is 28.1 Å². The first-order chi connectivity index (χ1) is 19.4. The number of carbonyl (C=O) groups is 3. The van der Waals surface area contributed by atoms with E-state index in [0.717, 1.165) is 5.56 Å². The number of methoxy groups -OCH3 is 2. The van der Waals surface area contributed by atoms with Gasteiger partial charge in [-0.2, -0.15) is 0 Å². The third-order valence-electron chi connectivity index (χ3n) is 7.14. The summed E-state index contributed by atoms with van der Waals surface area (Å²) in [6.07, 6.45) is 0. The second-order valence-electron chi connectivity index (χ2n) is 10.7. The molecule has 3 aromatic carbocycles. The van der Waals surface area contributed by atoms with Crippen molar-refractivity contribution < 1.29 is 34.1 Å². The van der Waals surface area contributed by atoms with Gasteiger partial charge in [-0.3, -0.25) is 14.5 Å². The average Bonchev–Trinajstić information content (AvgIpc) is 3.49. The molecule has 1 saturated heterocycles. The van der Waals surface area contributed by atoms with Crippen LogP contribution in [0.3, 0.4) is 0 Å². The maximum absolute atomic E-state index is 13.7. The first-order valence-corrected chi connectivity index (χ1v) is 12.8. The number of hydrogen-bond acceptors (Lipinski definition) is 7. The van der Waals surface area contributed by atoms with Gasteiger partial charge in [-0.15, -0.1) is 0 Å². The molecular weight excluding hydrogens is 526 g/mol. The van der Waals surface area contributed by atoms with Gasteiger partial charge in [0.1, 0.15) is 17.3 Å². The monoisotopic (exact) mass is 555 g/mol. The number of ketones is 1. The molecule has 5 rings (SSSR count). The fraction of sp³-hybridized carbons (Fsp3) is 0.226. The number of H-pyrrole nitrogens is 1. The summed E-state index contributed by atoms with van der Waals surface area (Å²) in [4.78, 5) is 47.4. The molecule has 1 aromatic heterocycles. The number of nitrogens with zero attached hydrogens (tertiary/aromatic N) is 2. The van der Waals surface area contributed by atoms with E-state index >= 15 is 0 Å². The van der Waals surface area contributed by atoms with Crippen molar-refractivity contribution in [3.63, 3.8) is 0 Å². The summed E-state index contributed by atoms with van der Waals surface area (Å²) in [5.41, 5.74) is 2.07. The fourth-order valence-corrected chi connectivity index (χ4v) is 4.90. The summed E-state index contributed by atoms with van der Waals surface area (Å²) in [5, 5.41) is 21.1. The Labute approximate surface area is 235 Å². The number of aromatic nitrogens is 2. The summed E-state index contributed by atoms with van der Waals surface area (Å²) < 4.78 is 10.8. The van der Waals surface area contributed by atoms with Gasteiger partial charge in [0, 0.05) is 0 Å². The van der Waals surface area contributed by atoms with E-state index < -0.39 is 23.7 Å². The molecule has 1 aliphatic heterocycles. The number of carboxylic acid groups (broad SMARTS) is 1. The molecule has 1 atom stereocenters. The summed E-state index contributed by atoms with van der Waals surface area (Å²) in [5.74, 6) is -2.39. The molecular formula is C31H29N3O7. The van der Waals surface area contributed by atoms with Gasteiger partial charge in [-0.05, 0) is 59.0 Å². The topological polar surface area (TPSA) is 142 Å². The van der Waals surface area contributed by atoms with Crippen molar-refractivity contribution in [3.05, 3.63) is 88.5 Å². The SMILES string of the molecule is COc1ccc(C2/C(=C(\O)c3cc(C(C)(C)C)ccc3OC)C(=O)C(=O)N2c2nc3ccc(C(=O)O)cc3[nH]2)cc1. The molecule has 0 saturated carbocycles. The van der Waals surface area contributed by atoms with Crippen molar-refractivity contribution in [2.45, 2.75) is 32.2 Å². The standard InChI is InChI=1S/C31H29N3O7/c1-31(2,3)18-9-13-23(41-5)20(15-18)26(35)24-25(16-6-10-19(40-4)11-7-16)34(28(37)27(24)36)30-32-21-12-8-17(29(38)39)14-22(21)33-30/h6-15,25,35H,1-5H3,(H,32,33)(H,38,39)/b26-24+. The van der Waals surface area contributed by atoms with Crippen molar-refractivity contribution in [3.8, 4) is 11.5 Å². The third kappa shape index (κ3) is 4.77. The third-order valence-corrected chi connectivity index (χ3v) is 7.14. The molecule has 10 heteroatoms. The van der Waals surface area contributed by atoms with Gasteiger partial charge in [-0.25, -0.2) is 9.78 Å². The van der Waals surface area contributed by atoms with E-state index in [2.05, 4.69) is 9.97 Å². The van der Waals surface area contributed by atoms with E-state index in [-0.39, 0.29) is 33.8 Å². The Bertz CT molecular complexity index is 1730. The van der Waals surface area contributed by atoms with Crippen LogP contribution in [-0.4, -0.2) is 52.1 Å². The number of amides is 1. The second-order valence-corrected chi connectivity index (χ2v) is 10.7. The number of carbonyl (C=O) groups excluding carboxylic acids is 2. The molecule has 1 fully saturated rings. The molecule has 2 heterocycles. The number of anilines is 1. The minimum atomic E-state index is -1.12. The number of aliphatic hydroxyl groups excluding tert-OH is 1. The largest absolute Gasteiger partial charge is 0.507 e. The summed E-state index contributed by atoms with van der Waals surface area (Å²) in [6, 6.07) is 15.4. The van der Waals surface area contributed by atoms with Gasteiger partial charge in [-0.1, -0.05) is 39.0 Å². The average molecular weight is 556 g/mol. The highest BCUT2D eigenvalue weighted by Crippen LogP contribution is 2.44. The van der Waals surface area contributed by atoms with E-state index in [1.807, 2.05) is 26.8 Å². The van der Waals surface area contributed by atoms with Crippen LogP contribution in [0.5, 0.6) is 11.5 Å². The highest BCUT2D eigenvalue weighted by molar-refractivity contribution is 6.51. The molecule has 1 unspecified atom stereocenters. The van der Waals surface area contributed by atoms with Gasteiger partial charge in [0.05, 0.1) is 48.0 Å². The Morgan fingerprint density at radius 1 is 0.951 bits per heavy atom. The van der Waals surface area contributed by atoms with E-state index in [4.69, 9.17) is 9.47 Å². The number of rotatable bonds is 6. The maximum Gasteiger partial charge on any atom is 0.335 e. The Morgan fingerprint density at radius 2 is 1.66 bits per heavy atom. The quantitative estimate of drug-likeness (QED) is 0.167. The Kier molecular flexibility index (Phi) is 6.78. The van der Waals surface area contributed by atoms with Crippen molar-refractivity contribution in [1.29, 1.82) is 0 Å². The van der Waals surface area contributed by atoms with Crippen molar-refractivity contribution >= 4 is 40.4 Å². The van der Waals surface area contributed by atoms with Crippen LogP contribution in [0.2, 0.25) is 0 Å². The summed E-state index contributed by atoms with van der Waals surface area (Å²) in [7, 11) is 2.98. The number of imidazole rings is 1. The number of carboxylic acids is 1. The first kappa shape index (κ1) is 27.4. The normalized spacial score (nSPS) is 16.8. The predicted octanol–water partition coefficient (Wildman–Crippen LogP) is 5.20. The Morgan fingerprint density at radius 3 is 2.27 bits per heavy atom.